The number of ether oxygens (including phenoxy) is 2. The Hall–Kier alpha value is -3.00. The minimum atomic E-state index is -0.764. The molecule has 0 bridgehead atoms. The number of carbonyl (C=O) groups is 2. The van der Waals surface area contributed by atoms with E-state index in [9.17, 15) is 14.0 Å². The van der Waals surface area contributed by atoms with Gasteiger partial charge in [-0.25, -0.2) is 4.39 Å². The van der Waals surface area contributed by atoms with Crippen LogP contribution in [0.3, 0.4) is 0 Å². The third kappa shape index (κ3) is 4.76. The maximum absolute atomic E-state index is 13.3. The summed E-state index contributed by atoms with van der Waals surface area (Å²) in [4.78, 5) is 28.3. The van der Waals surface area contributed by atoms with E-state index in [1.165, 1.54) is 29.2 Å². The Morgan fingerprint density at radius 3 is 2.40 bits per heavy atom. The highest BCUT2D eigenvalue weighted by atomic mass is 32.1. The van der Waals surface area contributed by atoms with Gasteiger partial charge in [-0.2, -0.15) is 0 Å². The molecule has 1 saturated heterocycles. The number of hydrogen-bond donors (Lipinski definition) is 0. The minimum Gasteiger partial charge on any atom is -0.497 e. The Morgan fingerprint density at radius 1 is 1.13 bits per heavy atom. The van der Waals surface area contributed by atoms with Crippen LogP contribution in [0.2, 0.25) is 0 Å². The molecule has 30 heavy (non-hydrogen) atoms. The van der Waals surface area contributed by atoms with Crippen LogP contribution in [-0.2, 0) is 20.7 Å². The molecule has 8 heteroatoms. The second kappa shape index (κ2) is 9.67. The zero-order valence-electron chi connectivity index (χ0n) is 16.8. The number of methoxy groups -OCH3 is 1. The zero-order chi connectivity index (χ0) is 21.7. The lowest BCUT2D eigenvalue weighted by molar-refractivity contribution is -0.145. The summed E-state index contributed by atoms with van der Waals surface area (Å²) in [5.74, 6) is -0.438. The van der Waals surface area contributed by atoms with Crippen LogP contribution in [0.15, 0.2) is 48.5 Å². The number of nitrogens with zero attached hydrogens (tertiary/aromatic N) is 2. The predicted octanol–water partition coefficient (Wildman–Crippen LogP) is 3.33. The number of carbonyl (C=O) groups excluding carboxylic acids is 2. The van der Waals surface area contributed by atoms with E-state index >= 15 is 0 Å². The smallest absolute Gasteiger partial charge is 0.308 e. The maximum Gasteiger partial charge on any atom is 0.308 e. The van der Waals surface area contributed by atoms with Crippen molar-refractivity contribution in [3.63, 3.8) is 0 Å². The van der Waals surface area contributed by atoms with Gasteiger partial charge in [0.2, 0.25) is 0 Å². The predicted molar refractivity (Wildman–Crippen MR) is 115 cm³/mol. The number of amides is 1. The Balaban J connectivity index is 1.82. The SMILES string of the molecule is CCOC(=O)CC1C(=O)N(c2ccc(F)cc2)C(=S)N1CCc1ccc(OC)cc1. The van der Waals surface area contributed by atoms with Crippen molar-refractivity contribution in [3.05, 3.63) is 59.9 Å². The molecule has 0 spiro atoms. The largest absolute Gasteiger partial charge is 0.497 e. The van der Waals surface area contributed by atoms with E-state index in [1.54, 1.807) is 18.9 Å². The first-order chi connectivity index (χ1) is 14.4. The average molecular weight is 431 g/mol. The molecule has 0 saturated carbocycles. The fourth-order valence-corrected chi connectivity index (χ4v) is 3.75. The van der Waals surface area contributed by atoms with Crippen molar-refractivity contribution in [1.29, 1.82) is 0 Å². The van der Waals surface area contributed by atoms with E-state index in [2.05, 4.69) is 0 Å². The third-order valence-corrected chi connectivity index (χ3v) is 5.29. The van der Waals surface area contributed by atoms with Crippen molar-refractivity contribution in [2.24, 2.45) is 0 Å². The maximum atomic E-state index is 13.3. The fourth-order valence-electron chi connectivity index (χ4n) is 3.33. The molecule has 1 unspecified atom stereocenters. The van der Waals surface area contributed by atoms with Crippen LogP contribution in [0.1, 0.15) is 18.9 Å². The van der Waals surface area contributed by atoms with Gasteiger partial charge < -0.3 is 14.4 Å². The first kappa shape index (κ1) is 21.7. The molecule has 1 atom stereocenters. The normalized spacial score (nSPS) is 16.2. The molecule has 1 aliphatic heterocycles. The van der Waals surface area contributed by atoms with Gasteiger partial charge in [-0.15, -0.1) is 0 Å². The lowest BCUT2D eigenvalue weighted by Gasteiger charge is -2.23. The minimum absolute atomic E-state index is 0.104. The first-order valence-corrected chi connectivity index (χ1v) is 10.0. The Labute approximate surface area is 180 Å². The molecule has 1 fully saturated rings. The van der Waals surface area contributed by atoms with Crippen molar-refractivity contribution in [2.45, 2.75) is 25.8 Å². The molecule has 0 radical (unpaired) electrons. The van der Waals surface area contributed by atoms with Gasteiger partial charge in [0.05, 0.1) is 25.8 Å². The lowest BCUT2D eigenvalue weighted by atomic mass is 10.1. The van der Waals surface area contributed by atoms with Crippen molar-refractivity contribution in [3.8, 4) is 5.75 Å². The van der Waals surface area contributed by atoms with E-state index in [4.69, 9.17) is 21.7 Å². The summed E-state index contributed by atoms with van der Waals surface area (Å²) in [5.41, 5.74) is 1.51. The van der Waals surface area contributed by atoms with Gasteiger partial charge in [0.15, 0.2) is 5.11 Å². The first-order valence-electron chi connectivity index (χ1n) is 9.63. The molecule has 0 aromatic heterocycles. The van der Waals surface area contributed by atoms with E-state index in [-0.39, 0.29) is 24.0 Å². The fraction of sp³-hybridized carbons (Fsp3) is 0.318. The van der Waals surface area contributed by atoms with Gasteiger partial charge in [-0.05, 0) is 67.5 Å². The highest BCUT2D eigenvalue weighted by molar-refractivity contribution is 7.80. The van der Waals surface area contributed by atoms with Crippen molar-refractivity contribution >= 4 is 34.9 Å². The molecular formula is C22H23FN2O4S. The summed E-state index contributed by atoms with van der Waals surface area (Å²) in [7, 11) is 1.60. The Kier molecular flexibility index (Phi) is 6.99. The number of hydrogen-bond acceptors (Lipinski definition) is 5. The number of benzene rings is 2. The second-order valence-electron chi connectivity index (χ2n) is 6.75. The Morgan fingerprint density at radius 2 is 1.80 bits per heavy atom. The topological polar surface area (TPSA) is 59.1 Å². The van der Waals surface area contributed by atoms with Crippen LogP contribution in [-0.4, -0.2) is 48.2 Å². The van der Waals surface area contributed by atoms with Crippen molar-refractivity contribution in [2.75, 3.05) is 25.2 Å². The van der Waals surface area contributed by atoms with Gasteiger partial charge in [0.25, 0.3) is 5.91 Å². The van der Waals surface area contributed by atoms with Gasteiger partial charge >= 0.3 is 5.97 Å². The lowest BCUT2D eigenvalue weighted by Crippen LogP contribution is -2.38. The summed E-state index contributed by atoms with van der Waals surface area (Å²) < 4.78 is 23.5. The van der Waals surface area contributed by atoms with E-state index < -0.39 is 17.8 Å². The summed E-state index contributed by atoms with van der Waals surface area (Å²) in [6.45, 7) is 2.39. The second-order valence-corrected chi connectivity index (χ2v) is 7.11. The molecule has 3 rings (SSSR count). The van der Waals surface area contributed by atoms with Crippen molar-refractivity contribution < 1.29 is 23.5 Å². The summed E-state index contributed by atoms with van der Waals surface area (Å²) >= 11 is 5.57. The zero-order valence-corrected chi connectivity index (χ0v) is 17.7. The van der Waals surface area contributed by atoms with Gasteiger partial charge in [0, 0.05) is 6.54 Å². The third-order valence-electron chi connectivity index (χ3n) is 4.87. The van der Waals surface area contributed by atoms with Crippen LogP contribution < -0.4 is 9.64 Å². The van der Waals surface area contributed by atoms with E-state index in [0.717, 1.165) is 11.3 Å². The number of thiocarbonyl (C=S) groups is 1. The molecule has 1 amide bonds. The number of rotatable bonds is 8. The van der Waals surface area contributed by atoms with Crippen LogP contribution >= 0.6 is 12.2 Å². The summed E-state index contributed by atoms with van der Waals surface area (Å²) in [6.07, 6.45) is 0.515. The van der Waals surface area contributed by atoms with Crippen LogP contribution in [0.25, 0.3) is 0 Å². The van der Waals surface area contributed by atoms with Gasteiger partial charge in [-0.1, -0.05) is 12.1 Å². The van der Waals surface area contributed by atoms with Crippen molar-refractivity contribution in [1.82, 2.24) is 4.90 Å². The monoisotopic (exact) mass is 430 g/mol. The van der Waals surface area contributed by atoms with Gasteiger partial charge in [0.1, 0.15) is 17.6 Å². The van der Waals surface area contributed by atoms with Crippen LogP contribution in [0.4, 0.5) is 10.1 Å². The summed E-state index contributed by atoms with van der Waals surface area (Å²) in [5, 5.41) is 0.286. The van der Waals surface area contributed by atoms with Crippen LogP contribution in [0, 0.1) is 5.82 Å². The molecule has 158 valence electrons. The average Bonchev–Trinajstić information content (AvgIpc) is 2.97. The van der Waals surface area contributed by atoms with Crippen LogP contribution in [0.5, 0.6) is 5.75 Å². The molecule has 2 aromatic rings. The molecule has 0 aliphatic carbocycles. The molecule has 1 aliphatic rings. The quantitative estimate of drug-likeness (QED) is 0.473. The number of esters is 1. The highest BCUT2D eigenvalue weighted by Gasteiger charge is 2.44. The molecule has 2 aromatic carbocycles. The highest BCUT2D eigenvalue weighted by Crippen LogP contribution is 2.28. The standard InChI is InChI=1S/C22H23FN2O4S/c1-3-29-20(26)14-19-21(27)25(17-8-6-16(23)7-9-17)22(30)24(19)13-12-15-4-10-18(28-2)11-5-15/h4-11,19H,3,12-14H2,1-2H3. The molecule has 0 N–H and O–H groups in total. The number of halogens is 1. The Bertz CT molecular complexity index is 918. The molecular weight excluding hydrogens is 407 g/mol. The number of anilines is 1. The van der Waals surface area contributed by atoms with Gasteiger partial charge in [-0.3, -0.25) is 14.5 Å². The molecule has 6 nitrogen and oxygen atoms in total. The summed E-state index contributed by atoms with van der Waals surface area (Å²) in [6, 6.07) is 12.4. The molecule has 1 heterocycles. The van der Waals surface area contributed by atoms with E-state index in [1.807, 2.05) is 24.3 Å². The van der Waals surface area contributed by atoms with E-state index in [0.29, 0.717) is 18.7 Å².